The van der Waals surface area contributed by atoms with E-state index in [0.717, 1.165) is 0 Å². The Morgan fingerprint density at radius 1 is 1.07 bits per heavy atom. The highest BCUT2D eigenvalue weighted by Gasteiger charge is 2.33. The summed E-state index contributed by atoms with van der Waals surface area (Å²) in [6.45, 7) is 2.23. The summed E-state index contributed by atoms with van der Waals surface area (Å²) < 4.78 is 42.9. The van der Waals surface area contributed by atoms with Gasteiger partial charge in [-0.2, -0.15) is 4.31 Å². The van der Waals surface area contributed by atoms with E-state index >= 15 is 0 Å². The average molecular weight is 426 g/mol. The van der Waals surface area contributed by atoms with Crippen LogP contribution in [-0.4, -0.2) is 83.1 Å². The average Bonchev–Trinajstić information content (AvgIpc) is 2.78. The number of piperidine rings is 1. The third-order valence-electron chi connectivity index (χ3n) is 5.33. The molecule has 2 fully saturated rings. The summed E-state index contributed by atoms with van der Waals surface area (Å²) in [6.07, 6.45) is 0.809. The molecule has 0 saturated carbocycles. The first kappa shape index (κ1) is 21.5. The van der Waals surface area contributed by atoms with Gasteiger partial charge in [0.25, 0.3) is 5.91 Å². The minimum absolute atomic E-state index is 0.0337. The zero-order valence-corrected chi connectivity index (χ0v) is 17.4. The molecule has 2 saturated heterocycles. The van der Waals surface area contributed by atoms with E-state index in [1.165, 1.54) is 36.7 Å². The zero-order chi connectivity index (χ0) is 21.0. The summed E-state index contributed by atoms with van der Waals surface area (Å²) in [6, 6.07) is 4.32. The fourth-order valence-electron chi connectivity index (χ4n) is 3.60. The maximum Gasteiger partial charge on any atom is 0.308 e. The Hall–Kier alpha value is -2.17. The van der Waals surface area contributed by atoms with Gasteiger partial charge in [-0.3, -0.25) is 9.59 Å². The Morgan fingerprint density at radius 3 is 2.31 bits per heavy atom. The second-order valence-corrected chi connectivity index (χ2v) is 8.91. The Labute approximate surface area is 170 Å². The maximum atomic E-state index is 13.1. The molecule has 1 aromatic rings. The van der Waals surface area contributed by atoms with Crippen LogP contribution in [0.4, 0.5) is 0 Å². The lowest BCUT2D eigenvalue weighted by Gasteiger charge is -2.30. The van der Waals surface area contributed by atoms with Crippen molar-refractivity contribution in [2.75, 3.05) is 53.6 Å². The van der Waals surface area contributed by atoms with E-state index in [0.29, 0.717) is 44.9 Å². The molecule has 0 N–H and O–H groups in total. The van der Waals surface area contributed by atoms with Gasteiger partial charge < -0.3 is 19.1 Å². The second-order valence-electron chi connectivity index (χ2n) is 6.97. The summed E-state index contributed by atoms with van der Waals surface area (Å²) >= 11 is 0. The van der Waals surface area contributed by atoms with Crippen LogP contribution in [0.15, 0.2) is 23.1 Å². The molecule has 0 spiro atoms. The summed E-state index contributed by atoms with van der Waals surface area (Å²) in [5.74, 6) is -0.567. The van der Waals surface area contributed by atoms with Gasteiger partial charge in [-0.25, -0.2) is 8.42 Å². The Bertz CT molecular complexity index is 857. The van der Waals surface area contributed by atoms with Crippen molar-refractivity contribution < 1.29 is 32.2 Å². The summed E-state index contributed by atoms with van der Waals surface area (Å²) in [4.78, 5) is 26.3. The van der Waals surface area contributed by atoms with Crippen molar-refractivity contribution in [3.05, 3.63) is 23.8 Å². The van der Waals surface area contributed by atoms with Crippen LogP contribution in [0.5, 0.6) is 5.75 Å². The smallest absolute Gasteiger partial charge is 0.308 e. The van der Waals surface area contributed by atoms with Gasteiger partial charge in [0.15, 0.2) is 0 Å². The third-order valence-corrected chi connectivity index (χ3v) is 7.22. The SMILES string of the molecule is COC(=O)C1CCN(S(=O)(=O)c2ccc(OC)c(C(=O)N3CCOCC3)c2)CC1. The predicted octanol–water partition coefficient (Wildman–Crippen LogP) is 0.741. The summed E-state index contributed by atoms with van der Waals surface area (Å²) in [7, 11) is -1.03. The van der Waals surface area contributed by atoms with Gasteiger partial charge in [0.1, 0.15) is 5.75 Å². The van der Waals surface area contributed by atoms with Crippen LogP contribution in [-0.2, 0) is 24.3 Å². The normalized spacial score (nSPS) is 19.0. The number of carbonyl (C=O) groups excluding carboxylic acids is 2. The first-order chi connectivity index (χ1) is 13.9. The van der Waals surface area contributed by atoms with E-state index in [4.69, 9.17) is 14.2 Å². The monoisotopic (exact) mass is 426 g/mol. The summed E-state index contributed by atoms with van der Waals surface area (Å²) in [5, 5.41) is 0. The highest BCUT2D eigenvalue weighted by atomic mass is 32.2. The van der Waals surface area contributed by atoms with Crippen LogP contribution in [0.2, 0.25) is 0 Å². The fourth-order valence-corrected chi connectivity index (χ4v) is 5.10. The van der Waals surface area contributed by atoms with Crippen molar-refractivity contribution in [3.63, 3.8) is 0 Å². The number of morpholine rings is 1. The molecule has 2 aliphatic rings. The number of amides is 1. The molecule has 2 aliphatic heterocycles. The van der Waals surface area contributed by atoms with Crippen molar-refractivity contribution in [1.29, 1.82) is 0 Å². The molecule has 9 nitrogen and oxygen atoms in total. The van der Waals surface area contributed by atoms with Crippen LogP contribution in [0.25, 0.3) is 0 Å². The Kier molecular flexibility index (Phi) is 6.76. The predicted molar refractivity (Wildman–Crippen MR) is 103 cm³/mol. The largest absolute Gasteiger partial charge is 0.496 e. The molecule has 3 rings (SSSR count). The highest BCUT2D eigenvalue weighted by molar-refractivity contribution is 7.89. The highest BCUT2D eigenvalue weighted by Crippen LogP contribution is 2.29. The van der Waals surface area contributed by atoms with Gasteiger partial charge in [0.2, 0.25) is 10.0 Å². The third kappa shape index (κ3) is 4.54. The minimum atomic E-state index is -3.80. The van der Waals surface area contributed by atoms with Crippen LogP contribution in [0, 0.1) is 5.92 Å². The molecule has 0 aromatic heterocycles. The number of rotatable bonds is 5. The number of hydrogen-bond acceptors (Lipinski definition) is 7. The van der Waals surface area contributed by atoms with Crippen LogP contribution in [0.3, 0.4) is 0 Å². The number of carbonyl (C=O) groups is 2. The molecule has 0 radical (unpaired) electrons. The molecule has 0 bridgehead atoms. The molecule has 10 heteroatoms. The number of nitrogens with zero attached hydrogens (tertiary/aromatic N) is 2. The van der Waals surface area contributed by atoms with Gasteiger partial charge in [-0.1, -0.05) is 0 Å². The van der Waals surface area contributed by atoms with Crippen LogP contribution in [0.1, 0.15) is 23.2 Å². The minimum Gasteiger partial charge on any atom is -0.496 e. The summed E-state index contributed by atoms with van der Waals surface area (Å²) in [5.41, 5.74) is 0.208. The quantitative estimate of drug-likeness (QED) is 0.640. The lowest BCUT2D eigenvalue weighted by Crippen LogP contribution is -2.41. The molecular formula is C19H26N2O7S. The molecule has 0 unspecified atom stereocenters. The van der Waals surface area contributed by atoms with Crippen molar-refractivity contribution in [2.45, 2.75) is 17.7 Å². The topological polar surface area (TPSA) is 102 Å². The fraction of sp³-hybridized carbons (Fsp3) is 0.579. The van der Waals surface area contributed by atoms with E-state index in [1.807, 2.05) is 0 Å². The van der Waals surface area contributed by atoms with E-state index in [1.54, 1.807) is 4.90 Å². The van der Waals surface area contributed by atoms with Gasteiger partial charge in [0.05, 0.1) is 43.8 Å². The maximum absolute atomic E-state index is 13.1. The Balaban J connectivity index is 1.82. The van der Waals surface area contributed by atoms with E-state index in [-0.39, 0.29) is 41.3 Å². The number of ether oxygens (including phenoxy) is 3. The van der Waals surface area contributed by atoms with E-state index < -0.39 is 10.0 Å². The first-order valence-corrected chi connectivity index (χ1v) is 11.0. The number of hydrogen-bond donors (Lipinski definition) is 0. The molecule has 160 valence electrons. The van der Waals surface area contributed by atoms with Gasteiger partial charge >= 0.3 is 5.97 Å². The first-order valence-electron chi connectivity index (χ1n) is 9.51. The second kappa shape index (κ2) is 9.10. The molecule has 1 aromatic carbocycles. The number of methoxy groups -OCH3 is 2. The molecule has 29 heavy (non-hydrogen) atoms. The molecule has 0 aliphatic carbocycles. The van der Waals surface area contributed by atoms with Crippen molar-refractivity contribution in [3.8, 4) is 5.75 Å². The van der Waals surface area contributed by atoms with E-state index in [2.05, 4.69) is 0 Å². The Morgan fingerprint density at radius 2 is 1.72 bits per heavy atom. The number of esters is 1. The molecule has 2 heterocycles. The van der Waals surface area contributed by atoms with Crippen LogP contribution >= 0.6 is 0 Å². The van der Waals surface area contributed by atoms with Gasteiger partial charge in [-0.15, -0.1) is 0 Å². The number of sulfonamides is 1. The van der Waals surface area contributed by atoms with Gasteiger partial charge in [-0.05, 0) is 31.0 Å². The van der Waals surface area contributed by atoms with Crippen molar-refractivity contribution in [2.24, 2.45) is 5.92 Å². The molecular weight excluding hydrogens is 400 g/mol. The van der Waals surface area contributed by atoms with Crippen molar-refractivity contribution in [1.82, 2.24) is 9.21 Å². The van der Waals surface area contributed by atoms with E-state index in [9.17, 15) is 18.0 Å². The van der Waals surface area contributed by atoms with Crippen molar-refractivity contribution >= 4 is 21.9 Å². The molecule has 1 amide bonds. The standard InChI is InChI=1S/C19H26N2O7S/c1-26-17-4-3-15(13-16(17)18(22)20-9-11-28-12-10-20)29(24,25)21-7-5-14(6-8-21)19(23)27-2/h3-4,13-14H,5-12H2,1-2H3. The number of benzene rings is 1. The lowest BCUT2D eigenvalue weighted by molar-refractivity contribution is -0.146. The van der Waals surface area contributed by atoms with Crippen LogP contribution < -0.4 is 4.74 Å². The molecule has 0 atom stereocenters. The lowest BCUT2D eigenvalue weighted by atomic mass is 9.99. The van der Waals surface area contributed by atoms with Gasteiger partial charge in [0, 0.05) is 26.2 Å². The zero-order valence-electron chi connectivity index (χ0n) is 16.6.